The third-order valence-corrected chi connectivity index (χ3v) is 7.33. The zero-order valence-electron chi connectivity index (χ0n) is 19.9. The normalized spacial score (nSPS) is 20.5. The van der Waals surface area contributed by atoms with Gasteiger partial charge in [0.1, 0.15) is 5.75 Å². The van der Waals surface area contributed by atoms with Gasteiger partial charge in [-0.3, -0.25) is 4.99 Å². The third-order valence-electron chi connectivity index (χ3n) is 7.33. The molecule has 2 aliphatic rings. The number of nitrogens with one attached hydrogen (secondary N) is 2. The molecule has 0 radical (unpaired) electrons. The van der Waals surface area contributed by atoms with Crippen LogP contribution in [0.2, 0.25) is 0 Å². The van der Waals surface area contributed by atoms with Gasteiger partial charge in [-0.2, -0.15) is 0 Å². The highest BCUT2D eigenvalue weighted by molar-refractivity contribution is 5.79. The fraction of sp³-hybridized carbons (Fsp3) is 0.720. The van der Waals surface area contributed by atoms with Crippen molar-refractivity contribution in [2.75, 3.05) is 54.2 Å². The number of rotatable bonds is 9. The zero-order chi connectivity index (χ0) is 22.2. The lowest BCUT2D eigenvalue weighted by molar-refractivity contribution is 0.0505. The number of methoxy groups -OCH3 is 2. The van der Waals surface area contributed by atoms with Crippen LogP contribution in [-0.4, -0.2) is 60.1 Å². The van der Waals surface area contributed by atoms with Gasteiger partial charge >= 0.3 is 0 Å². The molecule has 174 valence electrons. The third kappa shape index (κ3) is 5.92. The lowest BCUT2D eigenvalue weighted by atomic mass is 9.73. The first kappa shape index (κ1) is 23.9. The van der Waals surface area contributed by atoms with Crippen LogP contribution in [0.15, 0.2) is 23.2 Å². The molecule has 2 N–H and O–H groups in total. The van der Waals surface area contributed by atoms with E-state index in [-0.39, 0.29) is 5.41 Å². The molecule has 6 nitrogen and oxygen atoms in total. The Kier molecular flexibility index (Phi) is 8.61. The summed E-state index contributed by atoms with van der Waals surface area (Å²) in [6.45, 7) is 6.26. The second-order valence-corrected chi connectivity index (χ2v) is 9.33. The first-order valence-corrected chi connectivity index (χ1v) is 11.7. The Morgan fingerprint density at radius 1 is 1.06 bits per heavy atom. The van der Waals surface area contributed by atoms with Crippen molar-refractivity contribution in [2.24, 2.45) is 10.4 Å². The molecular weight excluding hydrogens is 390 g/mol. The minimum atomic E-state index is -0.0334. The largest absolute Gasteiger partial charge is 0.496 e. The monoisotopic (exact) mass is 431 g/mol. The minimum absolute atomic E-state index is 0.0334. The van der Waals surface area contributed by atoms with Crippen LogP contribution in [0.1, 0.15) is 56.1 Å². The molecule has 1 aromatic carbocycles. The van der Waals surface area contributed by atoms with Gasteiger partial charge in [-0.1, -0.05) is 30.5 Å². The number of ether oxygens (including phenoxy) is 3. The first-order chi connectivity index (χ1) is 15.1. The van der Waals surface area contributed by atoms with E-state index in [1.54, 1.807) is 14.2 Å². The number of guanidine groups is 1. The van der Waals surface area contributed by atoms with Gasteiger partial charge in [-0.05, 0) is 50.5 Å². The summed E-state index contributed by atoms with van der Waals surface area (Å²) >= 11 is 0. The second kappa shape index (κ2) is 11.2. The van der Waals surface area contributed by atoms with Gasteiger partial charge in [0, 0.05) is 58.0 Å². The Morgan fingerprint density at radius 2 is 1.77 bits per heavy atom. The van der Waals surface area contributed by atoms with Crippen LogP contribution in [-0.2, 0) is 14.9 Å². The molecule has 1 aromatic rings. The second-order valence-electron chi connectivity index (χ2n) is 9.33. The molecule has 0 aromatic heterocycles. The highest BCUT2D eigenvalue weighted by Crippen LogP contribution is 2.41. The van der Waals surface area contributed by atoms with Crippen LogP contribution in [0.25, 0.3) is 0 Å². The summed E-state index contributed by atoms with van der Waals surface area (Å²) in [5.41, 5.74) is 2.82. The van der Waals surface area contributed by atoms with Gasteiger partial charge in [0.25, 0.3) is 0 Å². The summed E-state index contributed by atoms with van der Waals surface area (Å²) in [6, 6.07) is 6.49. The van der Waals surface area contributed by atoms with E-state index in [1.165, 1.54) is 36.8 Å². The van der Waals surface area contributed by atoms with Crippen LogP contribution in [0.4, 0.5) is 0 Å². The Hall–Kier alpha value is -1.79. The first-order valence-electron chi connectivity index (χ1n) is 11.7. The lowest BCUT2D eigenvalue weighted by Gasteiger charge is -2.39. The minimum Gasteiger partial charge on any atom is -0.496 e. The molecule has 0 unspecified atom stereocenters. The molecule has 1 saturated heterocycles. The van der Waals surface area contributed by atoms with E-state index < -0.39 is 0 Å². The Bertz CT molecular complexity index is 723. The van der Waals surface area contributed by atoms with Gasteiger partial charge in [0.2, 0.25) is 0 Å². The average molecular weight is 432 g/mol. The molecular formula is C25H41N3O3. The summed E-state index contributed by atoms with van der Waals surface area (Å²) < 4.78 is 16.9. The van der Waals surface area contributed by atoms with Gasteiger partial charge in [0.05, 0.1) is 7.11 Å². The standard InChI is InChI=1S/C25H41N3O3/c1-20-7-8-22(30-4)21(17-20)25(12-15-31-16-13-25)19-28-23(26-2)27-18-24(11-14-29-3)9-5-6-10-24/h7-8,17H,5-6,9-16,18-19H2,1-4H3,(H2,26,27,28). The molecule has 1 aliphatic heterocycles. The van der Waals surface area contributed by atoms with Gasteiger partial charge in [-0.15, -0.1) is 0 Å². The lowest BCUT2D eigenvalue weighted by Crippen LogP contribution is -2.50. The summed E-state index contributed by atoms with van der Waals surface area (Å²) in [7, 11) is 5.41. The smallest absolute Gasteiger partial charge is 0.191 e. The predicted octanol–water partition coefficient (Wildman–Crippen LogP) is 3.81. The highest BCUT2D eigenvalue weighted by Gasteiger charge is 2.38. The van der Waals surface area contributed by atoms with E-state index >= 15 is 0 Å². The molecule has 1 saturated carbocycles. The molecule has 0 amide bonds. The van der Waals surface area contributed by atoms with E-state index in [9.17, 15) is 0 Å². The highest BCUT2D eigenvalue weighted by atomic mass is 16.5. The molecule has 3 rings (SSSR count). The molecule has 0 atom stereocenters. The number of aliphatic imine (C=N–C) groups is 1. The van der Waals surface area contributed by atoms with Gasteiger partial charge < -0.3 is 24.8 Å². The maximum atomic E-state index is 5.75. The van der Waals surface area contributed by atoms with Crippen molar-refractivity contribution in [1.82, 2.24) is 10.6 Å². The van der Waals surface area contributed by atoms with Crippen LogP contribution < -0.4 is 15.4 Å². The van der Waals surface area contributed by atoms with Crippen molar-refractivity contribution in [2.45, 2.75) is 57.3 Å². The summed E-state index contributed by atoms with van der Waals surface area (Å²) in [6.07, 6.45) is 8.20. The van der Waals surface area contributed by atoms with Crippen LogP contribution in [0.3, 0.4) is 0 Å². The fourth-order valence-corrected chi connectivity index (χ4v) is 5.24. The van der Waals surface area contributed by atoms with Gasteiger partial charge in [0.15, 0.2) is 5.96 Å². The Balaban J connectivity index is 1.70. The maximum absolute atomic E-state index is 5.75. The topological polar surface area (TPSA) is 64.1 Å². The van der Waals surface area contributed by atoms with Crippen molar-refractivity contribution in [1.29, 1.82) is 0 Å². The van der Waals surface area contributed by atoms with Crippen molar-refractivity contribution >= 4 is 5.96 Å². The van der Waals surface area contributed by atoms with E-state index in [2.05, 4.69) is 40.7 Å². The quantitative estimate of drug-likeness (QED) is 0.460. The molecule has 6 heteroatoms. The molecule has 2 fully saturated rings. The zero-order valence-corrected chi connectivity index (χ0v) is 19.9. The number of hydrogen-bond acceptors (Lipinski definition) is 4. The molecule has 0 bridgehead atoms. The maximum Gasteiger partial charge on any atom is 0.191 e. The summed E-state index contributed by atoms with van der Waals surface area (Å²) in [4.78, 5) is 4.53. The fourth-order valence-electron chi connectivity index (χ4n) is 5.24. The van der Waals surface area contributed by atoms with E-state index in [4.69, 9.17) is 14.2 Å². The number of nitrogens with zero attached hydrogens (tertiary/aromatic N) is 1. The van der Waals surface area contributed by atoms with Crippen molar-refractivity contribution in [3.8, 4) is 5.75 Å². The average Bonchev–Trinajstić information content (AvgIpc) is 3.27. The summed E-state index contributed by atoms with van der Waals surface area (Å²) in [5, 5.41) is 7.27. The summed E-state index contributed by atoms with van der Waals surface area (Å²) in [5.74, 6) is 1.84. The number of hydrogen-bond donors (Lipinski definition) is 2. The molecule has 0 spiro atoms. The van der Waals surface area contributed by atoms with Crippen LogP contribution >= 0.6 is 0 Å². The number of aryl methyl sites for hydroxylation is 1. The van der Waals surface area contributed by atoms with E-state index in [1.807, 2.05) is 7.05 Å². The number of benzene rings is 1. The Morgan fingerprint density at radius 3 is 2.42 bits per heavy atom. The Labute approximate surface area is 188 Å². The SMILES string of the molecule is CN=C(NCC1(CCOC)CCCC1)NCC1(c2cc(C)ccc2OC)CCOCC1. The van der Waals surface area contributed by atoms with E-state index in [0.29, 0.717) is 5.41 Å². The van der Waals surface area contributed by atoms with Crippen molar-refractivity contribution < 1.29 is 14.2 Å². The molecule has 1 heterocycles. The predicted molar refractivity (Wildman–Crippen MR) is 126 cm³/mol. The van der Waals surface area contributed by atoms with Crippen LogP contribution in [0.5, 0.6) is 5.75 Å². The van der Waals surface area contributed by atoms with Gasteiger partial charge in [-0.25, -0.2) is 0 Å². The molecule has 31 heavy (non-hydrogen) atoms. The van der Waals surface area contributed by atoms with Crippen molar-refractivity contribution in [3.63, 3.8) is 0 Å². The van der Waals surface area contributed by atoms with Crippen LogP contribution in [0, 0.1) is 12.3 Å². The van der Waals surface area contributed by atoms with E-state index in [0.717, 1.165) is 63.9 Å². The molecule has 1 aliphatic carbocycles. The van der Waals surface area contributed by atoms with Crippen molar-refractivity contribution in [3.05, 3.63) is 29.3 Å².